The first kappa shape index (κ1) is 11.2. The summed E-state index contributed by atoms with van der Waals surface area (Å²) in [5.41, 5.74) is 2.40. The van der Waals surface area contributed by atoms with E-state index >= 15 is 0 Å². The van der Waals surface area contributed by atoms with E-state index in [-0.39, 0.29) is 0 Å². The van der Waals surface area contributed by atoms with Gasteiger partial charge in [0, 0.05) is 5.88 Å². The largest absolute Gasteiger partial charge is 0.127 e. The fraction of sp³-hybridized carbons (Fsp3) is 0.778. The van der Waals surface area contributed by atoms with E-state index in [1.807, 2.05) is 0 Å². The normalized spacial score (nSPS) is 12.7. The summed E-state index contributed by atoms with van der Waals surface area (Å²) >= 11 is 5.60. The van der Waals surface area contributed by atoms with Crippen LogP contribution in [0.4, 0.5) is 0 Å². The molecule has 0 spiro atoms. The summed E-state index contributed by atoms with van der Waals surface area (Å²) in [7, 11) is -0.980. The van der Waals surface area contributed by atoms with Crippen LogP contribution in [0.1, 0.15) is 19.8 Å². The van der Waals surface area contributed by atoms with Gasteiger partial charge in [0.2, 0.25) is 0 Å². The molecule has 0 radical (unpaired) electrons. The quantitative estimate of drug-likeness (QED) is 0.351. The van der Waals surface area contributed by atoms with Crippen molar-refractivity contribution in [1.82, 2.24) is 0 Å². The molecule has 66 valence electrons. The monoisotopic (exact) mass is 190 g/mol. The summed E-state index contributed by atoms with van der Waals surface area (Å²) < 4.78 is 0. The van der Waals surface area contributed by atoms with Crippen molar-refractivity contribution < 1.29 is 0 Å². The zero-order chi connectivity index (χ0) is 8.74. The summed E-state index contributed by atoms with van der Waals surface area (Å²) in [5.74, 6) is 0.820. The molecule has 0 aromatic rings. The maximum absolute atomic E-state index is 5.60. The number of halogens is 1. The van der Waals surface area contributed by atoms with Crippen molar-refractivity contribution in [3.8, 4) is 0 Å². The highest BCUT2D eigenvalue weighted by Crippen LogP contribution is 2.15. The molecule has 0 fully saturated rings. The molecule has 0 saturated carbocycles. The second-order valence-corrected chi connectivity index (χ2v) is 8.82. The minimum absolute atomic E-state index is 0.820. The van der Waals surface area contributed by atoms with E-state index in [0.29, 0.717) is 0 Å². The molecule has 2 heteroatoms. The maximum atomic E-state index is 5.60. The maximum Gasteiger partial charge on any atom is 0.0713 e. The highest BCUT2D eigenvalue weighted by atomic mass is 35.5. The molecule has 0 saturated heterocycles. The predicted octanol–water partition coefficient (Wildman–Crippen LogP) is 3.83. The first-order valence-corrected chi connectivity index (χ1v) is 8.14. The molecule has 0 aromatic heterocycles. The van der Waals surface area contributed by atoms with E-state index in [2.05, 4.69) is 31.8 Å². The molecule has 0 atom stereocenters. The van der Waals surface area contributed by atoms with Gasteiger partial charge in [-0.15, -0.1) is 11.6 Å². The minimum atomic E-state index is -0.980. The minimum Gasteiger partial charge on any atom is -0.127 e. The van der Waals surface area contributed by atoms with E-state index in [9.17, 15) is 0 Å². The average Bonchev–Trinajstić information content (AvgIpc) is 1.87. The van der Waals surface area contributed by atoms with Crippen molar-refractivity contribution in [2.75, 3.05) is 5.88 Å². The van der Waals surface area contributed by atoms with Crippen LogP contribution >= 0.6 is 11.6 Å². The Morgan fingerprint density at radius 3 is 2.36 bits per heavy atom. The van der Waals surface area contributed by atoms with Crippen LogP contribution < -0.4 is 0 Å². The molecule has 0 amide bonds. The summed E-state index contributed by atoms with van der Waals surface area (Å²) in [4.78, 5) is 0. The SMILES string of the molecule is C/C=C/[Si](C)(C)CCCCCl. The van der Waals surface area contributed by atoms with Gasteiger partial charge in [-0.05, 0) is 13.3 Å². The Balaban J connectivity index is 3.55. The predicted molar refractivity (Wildman–Crippen MR) is 57.1 cm³/mol. The number of hydrogen-bond donors (Lipinski definition) is 0. The van der Waals surface area contributed by atoms with Gasteiger partial charge < -0.3 is 0 Å². The Labute approximate surface area is 76.7 Å². The highest BCUT2D eigenvalue weighted by molar-refractivity contribution is 6.82. The first-order valence-electron chi connectivity index (χ1n) is 4.32. The standard InChI is InChI=1S/C9H19ClSi/c1-4-8-11(2,3)9-6-5-7-10/h4,8H,5-7,9H2,1-3H3/b8-4+. The molecule has 0 heterocycles. The highest BCUT2D eigenvalue weighted by Gasteiger charge is 2.14. The Bertz CT molecular complexity index is 119. The number of allylic oxidation sites excluding steroid dienone is 1. The number of unbranched alkanes of at least 4 members (excludes halogenated alkanes) is 1. The van der Waals surface area contributed by atoms with Crippen molar-refractivity contribution in [1.29, 1.82) is 0 Å². The van der Waals surface area contributed by atoms with Gasteiger partial charge in [-0.25, -0.2) is 0 Å². The Morgan fingerprint density at radius 1 is 1.27 bits per heavy atom. The summed E-state index contributed by atoms with van der Waals surface area (Å²) in [6.07, 6.45) is 4.66. The van der Waals surface area contributed by atoms with Gasteiger partial charge in [-0.3, -0.25) is 0 Å². The third-order valence-corrected chi connectivity index (χ3v) is 4.97. The van der Waals surface area contributed by atoms with Gasteiger partial charge >= 0.3 is 0 Å². The molecule has 0 aliphatic carbocycles. The summed E-state index contributed by atoms with van der Waals surface area (Å²) in [6.45, 7) is 6.92. The Morgan fingerprint density at radius 2 is 1.91 bits per heavy atom. The smallest absolute Gasteiger partial charge is 0.0713 e. The number of rotatable bonds is 5. The van der Waals surface area contributed by atoms with Crippen molar-refractivity contribution in [2.45, 2.75) is 38.9 Å². The van der Waals surface area contributed by atoms with Crippen LogP contribution in [0.5, 0.6) is 0 Å². The summed E-state index contributed by atoms with van der Waals surface area (Å²) in [6, 6.07) is 1.38. The molecule has 0 nitrogen and oxygen atoms in total. The topological polar surface area (TPSA) is 0 Å². The van der Waals surface area contributed by atoms with Crippen LogP contribution in [-0.4, -0.2) is 14.0 Å². The molecule has 0 aliphatic rings. The zero-order valence-electron chi connectivity index (χ0n) is 7.86. The fourth-order valence-corrected chi connectivity index (χ4v) is 3.63. The van der Waals surface area contributed by atoms with Gasteiger partial charge in [0.1, 0.15) is 0 Å². The van der Waals surface area contributed by atoms with Crippen molar-refractivity contribution in [3.05, 3.63) is 11.8 Å². The van der Waals surface area contributed by atoms with Gasteiger partial charge in [0.15, 0.2) is 0 Å². The zero-order valence-corrected chi connectivity index (χ0v) is 9.62. The van der Waals surface area contributed by atoms with E-state index in [1.54, 1.807) is 0 Å². The number of hydrogen-bond acceptors (Lipinski definition) is 0. The molecule has 0 rings (SSSR count). The van der Waals surface area contributed by atoms with Crippen molar-refractivity contribution >= 4 is 19.7 Å². The van der Waals surface area contributed by atoms with Crippen LogP contribution in [0.2, 0.25) is 19.1 Å². The first-order chi connectivity index (χ1) is 5.12. The van der Waals surface area contributed by atoms with E-state index < -0.39 is 8.07 Å². The lowest BCUT2D eigenvalue weighted by Gasteiger charge is -2.16. The average molecular weight is 191 g/mol. The fourth-order valence-electron chi connectivity index (χ4n) is 1.21. The van der Waals surface area contributed by atoms with Crippen LogP contribution in [-0.2, 0) is 0 Å². The lowest BCUT2D eigenvalue weighted by atomic mass is 10.4. The molecule has 0 aromatic carbocycles. The molecule has 0 bridgehead atoms. The van der Waals surface area contributed by atoms with Crippen molar-refractivity contribution in [3.63, 3.8) is 0 Å². The molecular weight excluding hydrogens is 172 g/mol. The lowest BCUT2D eigenvalue weighted by Crippen LogP contribution is -2.21. The van der Waals surface area contributed by atoms with Gasteiger partial charge in [-0.1, -0.05) is 37.3 Å². The van der Waals surface area contributed by atoms with Crippen LogP contribution in [0.25, 0.3) is 0 Å². The van der Waals surface area contributed by atoms with Crippen LogP contribution in [0.3, 0.4) is 0 Å². The molecular formula is C9H19ClSi. The van der Waals surface area contributed by atoms with E-state index in [1.165, 1.54) is 18.9 Å². The molecule has 0 N–H and O–H groups in total. The molecule has 0 unspecified atom stereocenters. The van der Waals surface area contributed by atoms with Gasteiger partial charge in [-0.2, -0.15) is 0 Å². The molecule has 11 heavy (non-hydrogen) atoms. The summed E-state index contributed by atoms with van der Waals surface area (Å²) in [5, 5.41) is 0. The van der Waals surface area contributed by atoms with E-state index in [0.717, 1.165) is 5.88 Å². The third kappa shape index (κ3) is 6.64. The van der Waals surface area contributed by atoms with Gasteiger partial charge in [0.25, 0.3) is 0 Å². The van der Waals surface area contributed by atoms with Crippen LogP contribution in [0, 0.1) is 0 Å². The van der Waals surface area contributed by atoms with E-state index in [4.69, 9.17) is 11.6 Å². The molecule has 0 aliphatic heterocycles. The lowest BCUT2D eigenvalue weighted by molar-refractivity contribution is 0.876. The second kappa shape index (κ2) is 5.84. The third-order valence-electron chi connectivity index (χ3n) is 1.82. The van der Waals surface area contributed by atoms with Gasteiger partial charge in [0.05, 0.1) is 8.07 Å². The second-order valence-electron chi connectivity index (χ2n) is 3.63. The van der Waals surface area contributed by atoms with Crippen LogP contribution in [0.15, 0.2) is 11.8 Å². The van der Waals surface area contributed by atoms with Crippen molar-refractivity contribution in [2.24, 2.45) is 0 Å². The Kier molecular flexibility index (Phi) is 5.97. The number of alkyl halides is 1. The Hall–Kier alpha value is 0.247.